The quantitative estimate of drug-likeness (QED) is 0.822. The zero-order valence-corrected chi connectivity index (χ0v) is 11.2. The lowest BCUT2D eigenvalue weighted by Gasteiger charge is -2.50. The fourth-order valence-electron chi connectivity index (χ4n) is 3.35. The van der Waals surface area contributed by atoms with Crippen molar-refractivity contribution in [2.75, 3.05) is 11.9 Å². The van der Waals surface area contributed by atoms with E-state index in [9.17, 15) is 4.79 Å². The third kappa shape index (κ3) is 1.93. The maximum absolute atomic E-state index is 12.7. The van der Waals surface area contributed by atoms with Crippen molar-refractivity contribution in [1.82, 2.24) is 4.90 Å². The van der Waals surface area contributed by atoms with Gasteiger partial charge in [-0.25, -0.2) is 0 Å². The highest BCUT2D eigenvalue weighted by molar-refractivity contribution is 6.02. The van der Waals surface area contributed by atoms with Gasteiger partial charge in [-0.05, 0) is 37.8 Å². The van der Waals surface area contributed by atoms with Gasteiger partial charge >= 0.3 is 0 Å². The van der Waals surface area contributed by atoms with E-state index in [1.165, 1.54) is 19.3 Å². The number of hydrogen-bond donors (Lipinski definition) is 1. The van der Waals surface area contributed by atoms with Gasteiger partial charge in [-0.1, -0.05) is 24.6 Å². The Bertz CT molecular complexity index is 503. The normalized spacial score (nSPS) is 20.8. The van der Waals surface area contributed by atoms with Crippen LogP contribution in [0, 0.1) is 0 Å². The predicted molar refractivity (Wildman–Crippen MR) is 77.1 cm³/mol. The van der Waals surface area contributed by atoms with Crippen LogP contribution < -0.4 is 5.32 Å². The maximum atomic E-state index is 12.7. The molecule has 19 heavy (non-hydrogen) atoms. The third-order valence-electron chi connectivity index (χ3n) is 4.28. The van der Waals surface area contributed by atoms with Crippen LogP contribution in [0.5, 0.6) is 0 Å². The predicted octanol–water partition coefficient (Wildman–Crippen LogP) is 3.40. The van der Waals surface area contributed by atoms with E-state index in [0.29, 0.717) is 6.54 Å². The van der Waals surface area contributed by atoms with E-state index in [1.807, 2.05) is 35.2 Å². The lowest BCUT2D eigenvalue weighted by Crippen LogP contribution is -2.60. The average Bonchev–Trinajstić information content (AvgIpc) is 2.45. The number of para-hydroxylation sites is 1. The molecule has 0 saturated heterocycles. The van der Waals surface area contributed by atoms with Crippen molar-refractivity contribution in [3.05, 3.63) is 42.5 Å². The van der Waals surface area contributed by atoms with Crippen LogP contribution in [-0.2, 0) is 0 Å². The Morgan fingerprint density at radius 1 is 1.26 bits per heavy atom. The van der Waals surface area contributed by atoms with Crippen LogP contribution in [0.3, 0.4) is 0 Å². The van der Waals surface area contributed by atoms with Crippen molar-refractivity contribution in [3.8, 4) is 0 Å². The summed E-state index contributed by atoms with van der Waals surface area (Å²) in [6.45, 7) is 4.41. The van der Waals surface area contributed by atoms with Crippen molar-refractivity contribution in [2.45, 2.75) is 37.8 Å². The molecular formula is C16H20N2O. The second-order valence-electron chi connectivity index (χ2n) is 5.47. The Morgan fingerprint density at radius 2 is 2.00 bits per heavy atom. The molecule has 3 heteroatoms. The molecular weight excluding hydrogens is 236 g/mol. The first-order valence-electron chi connectivity index (χ1n) is 7.07. The maximum Gasteiger partial charge on any atom is 0.258 e. The lowest BCUT2D eigenvalue weighted by atomic mass is 9.84. The summed E-state index contributed by atoms with van der Waals surface area (Å²) >= 11 is 0. The Hall–Kier alpha value is -1.77. The Labute approximate surface area is 114 Å². The number of hydrogen-bond acceptors (Lipinski definition) is 2. The minimum Gasteiger partial charge on any atom is -0.362 e. The summed E-state index contributed by atoms with van der Waals surface area (Å²) in [6.07, 6.45) is 7.50. The molecule has 1 aliphatic heterocycles. The van der Waals surface area contributed by atoms with Crippen molar-refractivity contribution < 1.29 is 4.79 Å². The van der Waals surface area contributed by atoms with E-state index in [0.717, 1.165) is 24.1 Å². The summed E-state index contributed by atoms with van der Waals surface area (Å²) in [5.41, 5.74) is 1.56. The second-order valence-corrected chi connectivity index (χ2v) is 5.47. The average molecular weight is 256 g/mol. The van der Waals surface area contributed by atoms with E-state index in [1.54, 1.807) is 0 Å². The Balaban J connectivity index is 2.04. The Morgan fingerprint density at radius 3 is 2.74 bits per heavy atom. The molecule has 1 fully saturated rings. The highest BCUT2D eigenvalue weighted by Crippen LogP contribution is 2.40. The summed E-state index contributed by atoms with van der Waals surface area (Å²) < 4.78 is 0. The topological polar surface area (TPSA) is 32.3 Å². The van der Waals surface area contributed by atoms with Gasteiger partial charge in [0.15, 0.2) is 0 Å². The summed E-state index contributed by atoms with van der Waals surface area (Å²) in [5, 5.41) is 3.63. The van der Waals surface area contributed by atoms with Gasteiger partial charge in [-0.15, -0.1) is 6.58 Å². The molecule has 3 nitrogen and oxygen atoms in total. The fraction of sp³-hybridized carbons (Fsp3) is 0.438. The molecule has 1 N–H and O–H groups in total. The molecule has 1 aliphatic carbocycles. The Kier molecular flexibility index (Phi) is 3.05. The standard InChI is InChI=1S/C16H20N2O/c1-2-12-18-15(19)13-8-4-5-9-14(13)17-16(18)10-6-3-7-11-16/h2,4-5,8-9,17H,1,3,6-7,10-12H2. The van der Waals surface area contributed by atoms with Crippen LogP contribution in [0.4, 0.5) is 5.69 Å². The zero-order chi connectivity index (χ0) is 13.3. The molecule has 3 rings (SSSR count). The number of fused-ring (bicyclic) bond motifs is 1. The molecule has 0 radical (unpaired) electrons. The minimum atomic E-state index is -0.197. The molecule has 1 amide bonds. The van der Waals surface area contributed by atoms with Crippen molar-refractivity contribution in [2.24, 2.45) is 0 Å². The minimum absolute atomic E-state index is 0.135. The molecule has 1 aromatic rings. The van der Waals surface area contributed by atoms with E-state index in [-0.39, 0.29) is 11.6 Å². The molecule has 0 bridgehead atoms. The van der Waals surface area contributed by atoms with Crippen LogP contribution in [0.1, 0.15) is 42.5 Å². The van der Waals surface area contributed by atoms with Crippen LogP contribution in [-0.4, -0.2) is 23.0 Å². The fourth-order valence-corrected chi connectivity index (χ4v) is 3.35. The number of anilines is 1. The number of rotatable bonds is 2. The first-order valence-corrected chi connectivity index (χ1v) is 7.07. The largest absolute Gasteiger partial charge is 0.362 e. The number of nitrogens with one attached hydrogen (secondary N) is 1. The molecule has 1 spiro atoms. The van der Waals surface area contributed by atoms with E-state index < -0.39 is 0 Å². The number of carbonyl (C=O) groups excluding carboxylic acids is 1. The molecule has 100 valence electrons. The third-order valence-corrected chi connectivity index (χ3v) is 4.28. The molecule has 1 saturated carbocycles. The van der Waals surface area contributed by atoms with Gasteiger partial charge < -0.3 is 10.2 Å². The van der Waals surface area contributed by atoms with E-state index in [2.05, 4.69) is 11.9 Å². The van der Waals surface area contributed by atoms with Crippen LogP contribution in [0.25, 0.3) is 0 Å². The van der Waals surface area contributed by atoms with Crippen LogP contribution in [0.2, 0.25) is 0 Å². The highest BCUT2D eigenvalue weighted by atomic mass is 16.2. The van der Waals surface area contributed by atoms with Crippen molar-refractivity contribution >= 4 is 11.6 Å². The summed E-state index contributed by atoms with van der Waals surface area (Å²) in [5.74, 6) is 0.135. The van der Waals surface area contributed by atoms with Gasteiger partial charge in [0.05, 0.1) is 5.56 Å². The van der Waals surface area contributed by atoms with Gasteiger partial charge in [-0.3, -0.25) is 4.79 Å². The van der Waals surface area contributed by atoms with Crippen LogP contribution in [0.15, 0.2) is 36.9 Å². The SMILES string of the molecule is C=CCN1C(=O)c2ccccc2NC12CCCCC2. The molecule has 0 atom stereocenters. The number of nitrogens with zero attached hydrogens (tertiary/aromatic N) is 1. The van der Waals surface area contributed by atoms with Gasteiger partial charge in [0.1, 0.15) is 5.66 Å². The van der Waals surface area contributed by atoms with Gasteiger partial charge in [0.2, 0.25) is 0 Å². The van der Waals surface area contributed by atoms with Crippen molar-refractivity contribution in [1.29, 1.82) is 0 Å². The molecule has 1 heterocycles. The molecule has 0 aromatic heterocycles. The first kappa shape index (κ1) is 12.3. The van der Waals surface area contributed by atoms with Crippen molar-refractivity contribution in [3.63, 3.8) is 0 Å². The molecule has 0 unspecified atom stereocenters. The summed E-state index contributed by atoms with van der Waals surface area (Å²) in [6, 6.07) is 7.81. The number of amides is 1. The number of carbonyl (C=O) groups is 1. The summed E-state index contributed by atoms with van der Waals surface area (Å²) in [7, 11) is 0. The van der Waals surface area contributed by atoms with Crippen LogP contribution >= 0.6 is 0 Å². The van der Waals surface area contributed by atoms with Gasteiger partial charge in [-0.2, -0.15) is 0 Å². The monoisotopic (exact) mass is 256 g/mol. The van der Waals surface area contributed by atoms with Gasteiger partial charge in [0, 0.05) is 12.2 Å². The number of benzene rings is 1. The molecule has 1 aromatic carbocycles. The molecule has 2 aliphatic rings. The lowest BCUT2D eigenvalue weighted by molar-refractivity contribution is 0.0444. The van der Waals surface area contributed by atoms with E-state index >= 15 is 0 Å². The summed E-state index contributed by atoms with van der Waals surface area (Å²) in [4.78, 5) is 14.7. The smallest absolute Gasteiger partial charge is 0.258 e. The van der Waals surface area contributed by atoms with E-state index in [4.69, 9.17) is 0 Å². The second kappa shape index (κ2) is 4.72. The van der Waals surface area contributed by atoms with Gasteiger partial charge in [0.25, 0.3) is 5.91 Å². The zero-order valence-electron chi connectivity index (χ0n) is 11.2. The first-order chi connectivity index (χ1) is 9.27. The highest BCUT2D eigenvalue weighted by Gasteiger charge is 2.44.